The number of hydrogen-bond donors (Lipinski definition) is 1. The van der Waals surface area contributed by atoms with Gasteiger partial charge in [-0.05, 0) is 33.6 Å². The fourth-order valence-corrected chi connectivity index (χ4v) is 2.14. The van der Waals surface area contributed by atoms with Crippen LogP contribution in [0.5, 0.6) is 0 Å². The Morgan fingerprint density at radius 3 is 2.50 bits per heavy atom. The Balaban J connectivity index is 2.95. The number of nitrogens with zero attached hydrogens (tertiary/aromatic N) is 2. The van der Waals surface area contributed by atoms with Crippen molar-refractivity contribution in [3.8, 4) is 0 Å². The average Bonchev–Trinajstić information content (AvgIpc) is 2.09. The van der Waals surface area contributed by atoms with Crippen LogP contribution >= 0.6 is 0 Å². The maximum atomic E-state index is 11.9. The third-order valence-electron chi connectivity index (χ3n) is 2.87. The van der Waals surface area contributed by atoms with Crippen LogP contribution in [0.3, 0.4) is 0 Å². The van der Waals surface area contributed by atoms with Gasteiger partial charge < -0.3 is 10.0 Å². The number of hydrogen-bond acceptors (Lipinski definition) is 2. The summed E-state index contributed by atoms with van der Waals surface area (Å²) in [5, 5.41) is 9.22. The number of rotatable bonds is 1. The van der Waals surface area contributed by atoms with Crippen molar-refractivity contribution in [3.05, 3.63) is 0 Å². The summed E-state index contributed by atoms with van der Waals surface area (Å²) >= 11 is 0. The van der Waals surface area contributed by atoms with Crippen molar-refractivity contribution in [3.63, 3.8) is 0 Å². The third kappa shape index (κ3) is 2.46. The quantitative estimate of drug-likeness (QED) is 0.737. The van der Waals surface area contributed by atoms with Gasteiger partial charge in [-0.25, -0.2) is 4.79 Å². The molecule has 1 fully saturated rings. The zero-order valence-corrected chi connectivity index (χ0v) is 10.4. The van der Waals surface area contributed by atoms with Crippen LogP contribution in [0.2, 0.25) is 0 Å². The molecule has 0 radical (unpaired) electrons. The van der Waals surface area contributed by atoms with Crippen LogP contribution in [-0.2, 0) is 4.79 Å². The number of carbonyl (C=O) groups excluding carboxylic acids is 1. The second-order valence-electron chi connectivity index (χ2n) is 5.24. The van der Waals surface area contributed by atoms with E-state index in [4.69, 9.17) is 0 Å². The van der Waals surface area contributed by atoms with Crippen LogP contribution in [0.25, 0.3) is 0 Å². The van der Waals surface area contributed by atoms with Gasteiger partial charge in [0.25, 0.3) is 0 Å². The summed E-state index contributed by atoms with van der Waals surface area (Å²) in [6.07, 6.45) is 0.445. The Morgan fingerprint density at radius 2 is 2.06 bits per heavy atom. The summed E-state index contributed by atoms with van der Waals surface area (Å²) in [6.45, 7) is 6.14. The fraction of sp³-hybridized carbons (Fsp3) is 0.818. The molecular formula is C11H20N2O3. The molecule has 5 heteroatoms. The molecule has 1 aliphatic heterocycles. The molecule has 1 unspecified atom stereocenters. The van der Waals surface area contributed by atoms with Gasteiger partial charge in [0.1, 0.15) is 6.04 Å². The maximum absolute atomic E-state index is 11.9. The van der Waals surface area contributed by atoms with Crippen LogP contribution in [0, 0.1) is 0 Å². The van der Waals surface area contributed by atoms with Gasteiger partial charge in [-0.1, -0.05) is 0 Å². The minimum atomic E-state index is -1.03. The highest BCUT2D eigenvalue weighted by atomic mass is 16.4. The second kappa shape index (κ2) is 4.31. The number of carbonyl (C=O) groups is 2. The Morgan fingerprint density at radius 1 is 1.50 bits per heavy atom. The van der Waals surface area contributed by atoms with Crippen molar-refractivity contribution >= 4 is 12.0 Å². The van der Waals surface area contributed by atoms with Gasteiger partial charge in [-0.2, -0.15) is 0 Å². The molecule has 1 N–H and O–H groups in total. The highest BCUT2D eigenvalue weighted by Gasteiger charge is 2.39. The molecule has 0 spiro atoms. The minimum Gasteiger partial charge on any atom is -0.465 e. The van der Waals surface area contributed by atoms with E-state index >= 15 is 0 Å². The van der Waals surface area contributed by atoms with Crippen molar-refractivity contribution in [2.24, 2.45) is 0 Å². The first-order valence-electron chi connectivity index (χ1n) is 5.52. The summed E-state index contributed by atoms with van der Waals surface area (Å²) in [7, 11) is 1.72. The molecule has 1 rings (SSSR count). The molecule has 5 nitrogen and oxygen atoms in total. The zero-order valence-electron chi connectivity index (χ0n) is 10.4. The number of likely N-dealkylation sites (tertiary alicyclic amines) is 1. The van der Waals surface area contributed by atoms with Gasteiger partial charge in [0.15, 0.2) is 0 Å². The lowest BCUT2D eigenvalue weighted by atomic mass is 9.97. The van der Waals surface area contributed by atoms with E-state index in [1.165, 1.54) is 4.90 Å². The molecule has 0 aromatic heterocycles. The van der Waals surface area contributed by atoms with E-state index in [1.807, 2.05) is 20.8 Å². The van der Waals surface area contributed by atoms with Crippen LogP contribution in [-0.4, -0.2) is 52.1 Å². The second-order valence-corrected chi connectivity index (χ2v) is 5.24. The van der Waals surface area contributed by atoms with Crippen molar-refractivity contribution in [1.82, 2.24) is 9.80 Å². The standard InChI is InChI=1S/C11H20N2O3/c1-11(2,3)13(10(15)16)8-6-5-7-12(4)9(8)14/h8H,5-7H2,1-4H3,(H,15,16). The minimum absolute atomic E-state index is 0.0939. The van der Waals surface area contributed by atoms with E-state index < -0.39 is 17.7 Å². The fourth-order valence-electron chi connectivity index (χ4n) is 2.14. The molecule has 1 saturated heterocycles. The van der Waals surface area contributed by atoms with E-state index in [0.717, 1.165) is 6.42 Å². The van der Waals surface area contributed by atoms with Crippen LogP contribution in [0.1, 0.15) is 33.6 Å². The van der Waals surface area contributed by atoms with Gasteiger partial charge in [0.2, 0.25) is 5.91 Å². The van der Waals surface area contributed by atoms with Crippen molar-refractivity contribution in [1.29, 1.82) is 0 Å². The summed E-state index contributed by atoms with van der Waals surface area (Å²) in [6, 6.07) is -0.531. The summed E-state index contributed by atoms with van der Waals surface area (Å²) in [5.41, 5.74) is -0.551. The Labute approximate surface area is 96.0 Å². The monoisotopic (exact) mass is 228 g/mol. The molecule has 0 aliphatic carbocycles. The van der Waals surface area contributed by atoms with E-state index in [9.17, 15) is 14.7 Å². The topological polar surface area (TPSA) is 60.9 Å². The molecule has 0 aromatic rings. The number of amides is 2. The van der Waals surface area contributed by atoms with E-state index in [2.05, 4.69) is 0 Å². The zero-order chi connectivity index (χ0) is 12.5. The maximum Gasteiger partial charge on any atom is 0.408 e. The Hall–Kier alpha value is -1.26. The van der Waals surface area contributed by atoms with E-state index in [1.54, 1.807) is 11.9 Å². The lowest BCUT2D eigenvalue weighted by Gasteiger charge is -2.42. The number of piperidine rings is 1. The van der Waals surface area contributed by atoms with Crippen LogP contribution in [0.4, 0.5) is 4.79 Å². The molecule has 1 atom stereocenters. The van der Waals surface area contributed by atoms with Gasteiger partial charge in [-0.3, -0.25) is 9.69 Å². The lowest BCUT2D eigenvalue weighted by Crippen LogP contribution is -2.58. The molecule has 2 amide bonds. The average molecular weight is 228 g/mol. The van der Waals surface area contributed by atoms with Crippen molar-refractivity contribution < 1.29 is 14.7 Å². The lowest BCUT2D eigenvalue weighted by molar-refractivity contribution is -0.139. The summed E-state index contributed by atoms with van der Waals surface area (Å²) in [4.78, 5) is 26.1. The van der Waals surface area contributed by atoms with Crippen molar-refractivity contribution in [2.45, 2.75) is 45.2 Å². The van der Waals surface area contributed by atoms with E-state index in [-0.39, 0.29) is 5.91 Å². The number of carboxylic acid groups (broad SMARTS) is 1. The molecule has 0 aromatic carbocycles. The predicted molar refractivity (Wildman–Crippen MR) is 60.3 cm³/mol. The first kappa shape index (κ1) is 12.8. The first-order chi connectivity index (χ1) is 7.25. The molecule has 92 valence electrons. The Kier molecular flexibility index (Phi) is 3.45. The Bertz CT molecular complexity index is 296. The smallest absolute Gasteiger partial charge is 0.408 e. The van der Waals surface area contributed by atoms with Gasteiger partial charge in [0.05, 0.1) is 0 Å². The molecule has 1 heterocycles. The molecular weight excluding hydrogens is 208 g/mol. The highest BCUT2D eigenvalue weighted by Crippen LogP contribution is 2.24. The summed E-state index contributed by atoms with van der Waals surface area (Å²) < 4.78 is 0. The normalized spacial score (nSPS) is 22.1. The first-order valence-corrected chi connectivity index (χ1v) is 5.52. The number of likely N-dealkylation sites (N-methyl/N-ethyl adjacent to an activating group) is 1. The molecule has 1 aliphatic rings. The molecule has 16 heavy (non-hydrogen) atoms. The van der Waals surface area contributed by atoms with Crippen molar-refractivity contribution in [2.75, 3.05) is 13.6 Å². The SMILES string of the molecule is CN1CCCC(N(C(=O)O)C(C)(C)C)C1=O. The molecule has 0 saturated carbocycles. The van der Waals surface area contributed by atoms with Gasteiger partial charge in [-0.15, -0.1) is 0 Å². The highest BCUT2D eigenvalue weighted by molar-refractivity contribution is 5.86. The van der Waals surface area contributed by atoms with E-state index in [0.29, 0.717) is 13.0 Å². The van der Waals surface area contributed by atoms with Gasteiger partial charge in [0, 0.05) is 19.1 Å². The molecule has 0 bridgehead atoms. The summed E-state index contributed by atoms with van der Waals surface area (Å²) in [5.74, 6) is -0.0939. The van der Waals surface area contributed by atoms with Gasteiger partial charge >= 0.3 is 6.09 Å². The largest absolute Gasteiger partial charge is 0.465 e. The van der Waals surface area contributed by atoms with Crippen LogP contribution in [0.15, 0.2) is 0 Å². The predicted octanol–water partition coefficient (Wildman–Crippen LogP) is 1.39. The van der Waals surface area contributed by atoms with Crippen LogP contribution < -0.4 is 0 Å². The third-order valence-corrected chi connectivity index (χ3v) is 2.87.